The molecule has 0 aliphatic carbocycles. The number of hydrogen-bond acceptors (Lipinski definition) is 3. The molecule has 0 saturated heterocycles. The summed E-state index contributed by atoms with van der Waals surface area (Å²) in [5, 5.41) is -0.486. The summed E-state index contributed by atoms with van der Waals surface area (Å²) in [6, 6.07) is 41.2. The van der Waals surface area contributed by atoms with Gasteiger partial charge in [-0.05, 0) is 58.7 Å². The molecule has 0 fully saturated rings. The van der Waals surface area contributed by atoms with Crippen molar-refractivity contribution in [2.24, 2.45) is 0 Å². The van der Waals surface area contributed by atoms with E-state index in [0.717, 1.165) is 27.5 Å². The van der Waals surface area contributed by atoms with E-state index in [1.165, 1.54) is 77.0 Å². The summed E-state index contributed by atoms with van der Waals surface area (Å²) in [5.74, 6) is 1.91. The van der Waals surface area contributed by atoms with Crippen molar-refractivity contribution < 1.29 is 4.74 Å². The van der Waals surface area contributed by atoms with Crippen LogP contribution in [0.5, 0.6) is 11.5 Å². The largest absolute Gasteiger partial charge is 0.456 e. The zero-order valence-corrected chi connectivity index (χ0v) is 41.4. The highest BCUT2D eigenvalue weighted by molar-refractivity contribution is 7.24. The maximum absolute atomic E-state index is 7.32. The second kappa shape index (κ2) is 14.5. The molecule has 0 unspecified atom stereocenters. The molecule has 6 aromatic carbocycles. The lowest BCUT2D eigenvalue weighted by atomic mass is 9.38. The number of imidazole rings is 1. The molecule has 63 heavy (non-hydrogen) atoms. The molecular weight excluding hydrogens is 770 g/mol. The highest BCUT2D eigenvalue weighted by Gasteiger charge is 2.46. The van der Waals surface area contributed by atoms with Gasteiger partial charge < -0.3 is 4.74 Å². The summed E-state index contributed by atoms with van der Waals surface area (Å²) in [7, 11) is 28.2. The van der Waals surface area contributed by atoms with Gasteiger partial charge in [0.25, 0.3) is 0 Å². The zero-order chi connectivity index (χ0) is 45.4. The van der Waals surface area contributed by atoms with Crippen LogP contribution < -0.4 is 4.74 Å². The molecule has 3 heterocycles. The molecule has 0 atom stereocenters. The Kier molecular flexibility index (Phi) is 10.1. The van der Waals surface area contributed by atoms with Gasteiger partial charge in [0.2, 0.25) is 0 Å². The van der Waals surface area contributed by atoms with Gasteiger partial charge in [0.05, 0.1) is 115 Å². The smallest absolute Gasteiger partial charge is 0.195 e. The van der Waals surface area contributed by atoms with Crippen molar-refractivity contribution in [3.05, 3.63) is 143 Å². The van der Waals surface area contributed by atoms with Gasteiger partial charge in [0, 0.05) is 33.1 Å². The summed E-state index contributed by atoms with van der Waals surface area (Å²) in [6.07, 6.45) is 0. The van der Waals surface area contributed by atoms with E-state index in [9.17, 15) is 0 Å². The van der Waals surface area contributed by atoms with Crippen LogP contribution in [0.4, 0.5) is 0 Å². The fourth-order valence-corrected chi connectivity index (χ4v) is 11.5. The van der Waals surface area contributed by atoms with Crippen LogP contribution in [0.2, 0.25) is 0 Å². The van der Waals surface area contributed by atoms with Gasteiger partial charge in [-0.15, -0.1) is 0 Å². The Labute approximate surface area is 390 Å². The van der Waals surface area contributed by atoms with E-state index in [-0.39, 0.29) is 31.3 Å². The predicted molar refractivity (Wildman–Crippen MR) is 306 cm³/mol. The molecule has 8 aromatic rings. The third-order valence-electron chi connectivity index (χ3n) is 14.4. The van der Waals surface area contributed by atoms with Crippen LogP contribution in [0.15, 0.2) is 109 Å². The van der Waals surface area contributed by atoms with Gasteiger partial charge in [-0.25, -0.2) is 4.98 Å². The van der Waals surface area contributed by atoms with E-state index in [2.05, 4.69) is 235 Å². The number of nitrogens with zero attached hydrogens (tertiary/aromatic N) is 2. The Balaban J connectivity index is 1.36. The number of benzene rings is 6. The van der Waals surface area contributed by atoms with Crippen molar-refractivity contribution in [3.63, 3.8) is 0 Å². The molecule has 1 aliphatic heterocycles. The van der Waals surface area contributed by atoms with Crippen molar-refractivity contribution in [2.75, 3.05) is 0 Å². The van der Waals surface area contributed by atoms with Crippen molar-refractivity contribution in [1.82, 2.24) is 9.38 Å². The Morgan fingerprint density at radius 3 is 1.60 bits per heavy atom. The molecule has 0 amide bonds. The van der Waals surface area contributed by atoms with Crippen molar-refractivity contribution in [3.8, 4) is 44.9 Å². The van der Waals surface area contributed by atoms with Crippen LogP contribution in [0.3, 0.4) is 0 Å². The third kappa shape index (κ3) is 7.08. The number of rotatable bonds is 7. The molecule has 3 nitrogen and oxygen atoms in total. The molecule has 0 spiro atoms. The first-order chi connectivity index (χ1) is 29.3. The molecular formula is C47H54B12N2OS. The second-order valence-electron chi connectivity index (χ2n) is 23.4. The summed E-state index contributed by atoms with van der Waals surface area (Å²) >= 11 is 1.81. The van der Waals surface area contributed by atoms with Crippen LogP contribution in [0.25, 0.3) is 59.6 Å². The minimum absolute atomic E-state index is 0.0908. The number of ether oxygens (including phenoxy) is 1. The minimum atomic E-state index is -0.233. The van der Waals surface area contributed by atoms with Gasteiger partial charge in [-0.3, -0.25) is 4.40 Å². The summed E-state index contributed by atoms with van der Waals surface area (Å²) < 4.78 is 11.0. The summed E-state index contributed by atoms with van der Waals surface area (Å²) in [5.41, 5.74) is 18.2. The average molecular weight is 825 g/mol. The van der Waals surface area contributed by atoms with Gasteiger partial charge in [0.1, 0.15) is 11.5 Å². The highest BCUT2D eigenvalue weighted by Crippen LogP contribution is 2.57. The highest BCUT2D eigenvalue weighted by atomic mass is 32.1. The Bertz CT molecular complexity index is 3160. The number of thiazole rings is 1. The maximum Gasteiger partial charge on any atom is 0.195 e. The fraction of sp³-hybridized carbons (Fsp3) is 0.213. The molecule has 0 saturated carbocycles. The zero-order valence-electron chi connectivity index (χ0n) is 40.6. The number of fused-ring (bicyclic) bond motifs is 7. The summed E-state index contributed by atoms with van der Waals surface area (Å²) in [4.78, 5) is 6.16. The molecule has 16 heteroatoms. The minimum Gasteiger partial charge on any atom is -0.456 e. The van der Waals surface area contributed by atoms with E-state index in [1.54, 1.807) is 0 Å². The molecule has 2 aromatic heterocycles. The van der Waals surface area contributed by atoms with Crippen LogP contribution in [0, 0.1) is 0 Å². The Morgan fingerprint density at radius 1 is 0.508 bits per heavy atom. The first kappa shape index (κ1) is 43.8. The van der Waals surface area contributed by atoms with E-state index >= 15 is 0 Å². The maximum atomic E-state index is 7.32. The molecule has 0 N–H and O–H groups in total. The van der Waals surface area contributed by atoms with E-state index in [4.69, 9.17) is 9.72 Å². The normalized spacial score (nSPS) is 15.2. The van der Waals surface area contributed by atoms with Crippen molar-refractivity contribution >= 4 is 132 Å². The topological polar surface area (TPSA) is 26.5 Å². The first-order valence-corrected chi connectivity index (χ1v) is 23.7. The predicted octanol–water partition coefficient (Wildman–Crippen LogP) is 0.103. The van der Waals surface area contributed by atoms with Crippen LogP contribution in [-0.2, 0) is 31.3 Å². The van der Waals surface area contributed by atoms with Crippen molar-refractivity contribution in [1.29, 1.82) is 0 Å². The molecule has 300 valence electrons. The van der Waals surface area contributed by atoms with Crippen molar-refractivity contribution in [2.45, 2.75) is 59.0 Å². The number of para-hydroxylation sites is 3. The first-order valence-electron chi connectivity index (χ1n) is 22.9. The van der Waals surface area contributed by atoms with Gasteiger partial charge in [-0.1, -0.05) is 155 Å². The SMILES string of the molecule is BC(B)(B)c1ccc(-c2c(C(B)(B)B)ccc3c2Oc2ccccc2C(C)(C)C3(C)C)cc1-c1cc(-c2c(C(B)(B)B)ccc3c2sc2nc4ccccc4n23)ccc1C(B)(B)B. The molecule has 1 aliphatic rings. The lowest BCUT2D eigenvalue weighted by Gasteiger charge is -2.42. The lowest BCUT2D eigenvalue weighted by Crippen LogP contribution is -2.39. The molecule has 0 bridgehead atoms. The Hall–Kier alpha value is -4.41. The quantitative estimate of drug-likeness (QED) is 0.214. The average Bonchev–Trinajstić information content (AvgIpc) is 3.73. The molecule has 0 radical (unpaired) electrons. The monoisotopic (exact) mass is 827 g/mol. The van der Waals surface area contributed by atoms with Crippen LogP contribution in [-0.4, -0.2) is 104 Å². The number of aromatic nitrogens is 2. The lowest BCUT2D eigenvalue weighted by molar-refractivity contribution is 0.306. The standard InChI is InChI=1S/C47H54B12N2OS/c1-42(2)29-9-5-8-12-36(29)62-39-32(43(42,3)4)18-17-30(46(54,55)56)37(39)23-13-15-27(44(48,49)50)25(21-23)26-22-24(14-16-28(26)45(51,52)53)38-31(47(57,58)59)19-20-35-40(38)63-41-60-33-10-6-7-11-34(33)61(35)41/h5-22H,48-59H2,1-4H3. The van der Waals surface area contributed by atoms with Crippen LogP contribution >= 0.6 is 11.3 Å². The Morgan fingerprint density at radius 2 is 1.00 bits per heavy atom. The number of hydrogen-bond donors (Lipinski definition) is 0. The van der Waals surface area contributed by atoms with E-state index < -0.39 is 0 Å². The van der Waals surface area contributed by atoms with E-state index in [0.29, 0.717) is 0 Å². The molecule has 9 rings (SSSR count). The van der Waals surface area contributed by atoms with Gasteiger partial charge >= 0.3 is 0 Å². The van der Waals surface area contributed by atoms with Gasteiger partial charge in [-0.2, -0.15) is 0 Å². The third-order valence-corrected chi connectivity index (χ3v) is 15.5. The van der Waals surface area contributed by atoms with E-state index in [1.807, 2.05) is 11.3 Å². The summed E-state index contributed by atoms with van der Waals surface area (Å²) in [6.45, 7) is 9.54. The van der Waals surface area contributed by atoms with Crippen LogP contribution in [0.1, 0.15) is 61.1 Å². The second-order valence-corrected chi connectivity index (χ2v) is 24.4. The van der Waals surface area contributed by atoms with Gasteiger partial charge in [0.15, 0.2) is 4.96 Å². The fourth-order valence-electron chi connectivity index (χ4n) is 10.3.